The lowest BCUT2D eigenvalue weighted by Crippen LogP contribution is -2.19. The Morgan fingerprint density at radius 3 is 2.60 bits per heavy atom. The summed E-state index contributed by atoms with van der Waals surface area (Å²) in [5.74, 6) is 0. The fourth-order valence-electron chi connectivity index (χ4n) is 1.16. The predicted molar refractivity (Wildman–Crippen MR) is 56.9 cm³/mol. The van der Waals surface area contributed by atoms with Gasteiger partial charge in [-0.2, -0.15) is 0 Å². The van der Waals surface area contributed by atoms with E-state index >= 15 is 0 Å². The summed E-state index contributed by atoms with van der Waals surface area (Å²) in [6.07, 6.45) is -0.799. The third-order valence-corrected chi connectivity index (χ3v) is 2.77. The van der Waals surface area contributed by atoms with Gasteiger partial charge in [0.2, 0.25) is 0 Å². The Kier molecular flexibility index (Phi) is 4.76. The summed E-state index contributed by atoms with van der Waals surface area (Å²) < 4.78 is 0. The van der Waals surface area contributed by atoms with E-state index in [0.29, 0.717) is 5.56 Å². The fourth-order valence-corrected chi connectivity index (χ4v) is 1.55. The second-order valence-electron chi connectivity index (χ2n) is 3.03. The highest BCUT2D eigenvalue weighted by Crippen LogP contribution is 2.30. The first-order chi connectivity index (χ1) is 7.07. The van der Waals surface area contributed by atoms with Crippen molar-refractivity contribution in [1.29, 1.82) is 0 Å². The summed E-state index contributed by atoms with van der Waals surface area (Å²) in [5, 5.41) is 27.9. The van der Waals surface area contributed by atoms with Gasteiger partial charge >= 0.3 is 0 Å². The van der Waals surface area contributed by atoms with Crippen molar-refractivity contribution < 1.29 is 15.3 Å². The van der Waals surface area contributed by atoms with Crippen molar-refractivity contribution >= 4 is 23.2 Å². The van der Waals surface area contributed by atoms with Crippen LogP contribution in [0, 0.1) is 0 Å². The average Bonchev–Trinajstić information content (AvgIpc) is 2.21. The van der Waals surface area contributed by atoms with Crippen LogP contribution in [0.1, 0.15) is 18.1 Å². The molecule has 4 nitrogen and oxygen atoms in total. The average molecular weight is 252 g/mol. The molecule has 0 aliphatic carbocycles. The maximum absolute atomic E-state index is 9.69. The maximum Gasteiger partial charge on any atom is 0.147 e. The van der Waals surface area contributed by atoms with Crippen molar-refractivity contribution in [3.05, 3.63) is 28.0 Å². The molecule has 0 saturated heterocycles. The summed E-state index contributed by atoms with van der Waals surface area (Å²) in [6.45, 7) is -0.214. The van der Waals surface area contributed by atoms with Crippen LogP contribution in [-0.4, -0.2) is 33.0 Å². The zero-order valence-corrected chi connectivity index (χ0v) is 9.28. The van der Waals surface area contributed by atoms with Gasteiger partial charge in [0.1, 0.15) is 11.3 Å². The van der Waals surface area contributed by atoms with Gasteiger partial charge in [-0.15, -0.1) is 0 Å². The van der Waals surface area contributed by atoms with Gasteiger partial charge in [0.15, 0.2) is 0 Å². The van der Waals surface area contributed by atoms with Crippen LogP contribution in [0.2, 0.25) is 10.2 Å². The Morgan fingerprint density at radius 1 is 1.33 bits per heavy atom. The first-order valence-corrected chi connectivity index (χ1v) is 5.10. The van der Waals surface area contributed by atoms with Crippen LogP contribution >= 0.6 is 23.2 Å². The first kappa shape index (κ1) is 12.7. The van der Waals surface area contributed by atoms with Gasteiger partial charge in [-0.3, -0.25) is 0 Å². The van der Waals surface area contributed by atoms with Gasteiger partial charge in [-0.25, -0.2) is 4.98 Å². The molecule has 2 atom stereocenters. The highest BCUT2D eigenvalue weighted by molar-refractivity contribution is 6.41. The minimum Gasteiger partial charge on any atom is -0.396 e. The molecule has 1 aromatic heterocycles. The lowest BCUT2D eigenvalue weighted by Gasteiger charge is -2.18. The molecule has 1 aromatic rings. The smallest absolute Gasteiger partial charge is 0.147 e. The monoisotopic (exact) mass is 251 g/mol. The minimum absolute atomic E-state index is 0.0669. The second-order valence-corrected chi connectivity index (χ2v) is 3.77. The lowest BCUT2D eigenvalue weighted by atomic mass is 10.0. The van der Waals surface area contributed by atoms with Gasteiger partial charge in [-0.1, -0.05) is 23.2 Å². The van der Waals surface area contributed by atoms with Crippen LogP contribution in [0.25, 0.3) is 0 Å². The van der Waals surface area contributed by atoms with Crippen LogP contribution in [0.3, 0.4) is 0 Å². The van der Waals surface area contributed by atoms with Crippen LogP contribution < -0.4 is 0 Å². The van der Waals surface area contributed by atoms with Crippen molar-refractivity contribution in [3.63, 3.8) is 0 Å². The predicted octanol–water partition coefficient (Wildman–Crippen LogP) is 1.17. The van der Waals surface area contributed by atoms with Crippen molar-refractivity contribution in [1.82, 2.24) is 4.98 Å². The Labute approximate surface area is 97.1 Å². The Hall–Kier alpha value is -0.390. The molecule has 0 spiro atoms. The van der Waals surface area contributed by atoms with Crippen LogP contribution in [-0.2, 0) is 0 Å². The summed E-state index contributed by atoms with van der Waals surface area (Å²) in [6, 6.07) is 1.47. The minimum atomic E-state index is -1.18. The number of aromatic nitrogens is 1. The molecule has 0 saturated carbocycles. The van der Waals surface area contributed by atoms with Crippen molar-refractivity contribution in [2.45, 2.75) is 18.6 Å². The number of pyridine rings is 1. The number of halogens is 2. The molecular formula is C9H11Cl2NO3. The largest absolute Gasteiger partial charge is 0.396 e. The number of nitrogens with zero attached hydrogens (tertiary/aromatic N) is 1. The zero-order valence-electron chi connectivity index (χ0n) is 7.77. The summed E-state index contributed by atoms with van der Waals surface area (Å²) in [7, 11) is 0. The van der Waals surface area contributed by atoms with Crippen LogP contribution in [0.15, 0.2) is 12.3 Å². The normalized spacial score (nSPS) is 15.0. The third kappa shape index (κ3) is 3.03. The highest BCUT2D eigenvalue weighted by atomic mass is 35.5. The number of hydrogen-bond acceptors (Lipinski definition) is 4. The Morgan fingerprint density at radius 2 is 2.00 bits per heavy atom. The van der Waals surface area contributed by atoms with Crippen molar-refractivity contribution in [2.24, 2.45) is 0 Å². The number of aliphatic hydroxyl groups is 3. The van der Waals surface area contributed by atoms with Crippen molar-refractivity contribution in [2.75, 3.05) is 6.61 Å². The topological polar surface area (TPSA) is 73.6 Å². The molecule has 0 aliphatic heterocycles. The first-order valence-electron chi connectivity index (χ1n) is 4.34. The van der Waals surface area contributed by atoms with Gasteiger partial charge in [-0.05, 0) is 12.5 Å². The third-order valence-electron chi connectivity index (χ3n) is 1.98. The molecule has 0 bridgehead atoms. The Balaban J connectivity index is 2.90. The van der Waals surface area contributed by atoms with Gasteiger partial charge in [0.05, 0.1) is 11.1 Å². The SMILES string of the molecule is OCCC(O)C(O)c1ccnc(Cl)c1Cl. The quantitative estimate of drug-likeness (QED) is 0.703. The molecule has 0 amide bonds. The van der Waals surface area contributed by atoms with Crippen molar-refractivity contribution in [3.8, 4) is 0 Å². The van der Waals surface area contributed by atoms with E-state index in [9.17, 15) is 10.2 Å². The van der Waals surface area contributed by atoms with Gasteiger partial charge < -0.3 is 15.3 Å². The molecule has 0 fully saturated rings. The molecule has 0 aromatic carbocycles. The molecule has 1 heterocycles. The molecule has 1 rings (SSSR count). The van der Waals surface area contributed by atoms with E-state index in [1.807, 2.05) is 0 Å². The van der Waals surface area contributed by atoms with Crippen LogP contribution in [0.4, 0.5) is 0 Å². The summed E-state index contributed by atoms with van der Waals surface area (Å²) >= 11 is 11.5. The van der Waals surface area contributed by atoms with E-state index in [1.54, 1.807) is 0 Å². The molecule has 0 radical (unpaired) electrons. The van der Waals surface area contributed by atoms with E-state index in [1.165, 1.54) is 12.3 Å². The van der Waals surface area contributed by atoms with E-state index in [4.69, 9.17) is 28.3 Å². The van der Waals surface area contributed by atoms with Crippen LogP contribution in [0.5, 0.6) is 0 Å². The van der Waals surface area contributed by atoms with E-state index in [2.05, 4.69) is 4.98 Å². The number of hydrogen-bond donors (Lipinski definition) is 3. The van der Waals surface area contributed by atoms with Gasteiger partial charge in [0.25, 0.3) is 0 Å². The fraction of sp³-hybridized carbons (Fsp3) is 0.444. The second kappa shape index (κ2) is 5.63. The zero-order chi connectivity index (χ0) is 11.4. The van der Waals surface area contributed by atoms with E-state index < -0.39 is 12.2 Å². The number of aliphatic hydroxyl groups excluding tert-OH is 3. The lowest BCUT2D eigenvalue weighted by molar-refractivity contribution is 0.00423. The molecule has 0 aliphatic rings. The molecule has 2 unspecified atom stereocenters. The Bertz CT molecular complexity index is 335. The van der Waals surface area contributed by atoms with E-state index in [-0.39, 0.29) is 23.2 Å². The number of rotatable bonds is 4. The molecule has 15 heavy (non-hydrogen) atoms. The molecule has 6 heteroatoms. The molecule has 3 N–H and O–H groups in total. The standard InChI is InChI=1S/C9H11Cl2NO3/c10-7-5(1-3-12-9(7)11)8(15)6(14)2-4-13/h1,3,6,8,13-15H,2,4H2. The van der Waals surface area contributed by atoms with Gasteiger partial charge in [0, 0.05) is 18.4 Å². The summed E-state index contributed by atoms with van der Waals surface area (Å²) in [5.41, 5.74) is 0.303. The van der Waals surface area contributed by atoms with E-state index in [0.717, 1.165) is 0 Å². The molecule has 84 valence electrons. The highest BCUT2D eigenvalue weighted by Gasteiger charge is 2.21. The molecular weight excluding hydrogens is 241 g/mol. The maximum atomic E-state index is 9.69. The summed E-state index contributed by atoms with van der Waals surface area (Å²) in [4.78, 5) is 3.72.